The van der Waals surface area contributed by atoms with E-state index in [2.05, 4.69) is 20.0 Å². The molecule has 0 aliphatic heterocycles. The second-order valence-corrected chi connectivity index (χ2v) is 9.17. The van der Waals surface area contributed by atoms with Gasteiger partial charge in [-0.05, 0) is 60.8 Å². The molecule has 0 saturated heterocycles. The van der Waals surface area contributed by atoms with Gasteiger partial charge in [-0.25, -0.2) is 4.98 Å². The number of nitrogens with one attached hydrogen (secondary N) is 2. The van der Waals surface area contributed by atoms with E-state index in [1.54, 1.807) is 0 Å². The smallest absolute Gasteiger partial charge is 0.234 e. The quantitative estimate of drug-likeness (QED) is 0.494. The molecule has 9 heteroatoms. The van der Waals surface area contributed by atoms with E-state index in [1.807, 2.05) is 62.4 Å². The summed E-state index contributed by atoms with van der Waals surface area (Å²) in [5, 5.41) is 6.26. The number of benzene rings is 2. The molecule has 0 bridgehead atoms. The average Bonchev–Trinajstić information content (AvgIpc) is 3.13. The van der Waals surface area contributed by atoms with E-state index in [9.17, 15) is 9.59 Å². The van der Waals surface area contributed by atoms with E-state index < -0.39 is 0 Å². The second kappa shape index (κ2) is 10.4. The number of carbonyl (C=O) groups is 2. The zero-order valence-corrected chi connectivity index (χ0v) is 18.4. The van der Waals surface area contributed by atoms with Crippen LogP contribution in [0.4, 0.5) is 11.4 Å². The maximum Gasteiger partial charge on any atom is 0.234 e. The molecular weight excluding hydrogens is 424 g/mol. The average molecular weight is 445 g/mol. The molecule has 29 heavy (non-hydrogen) atoms. The van der Waals surface area contributed by atoms with E-state index in [-0.39, 0.29) is 23.3 Å². The third-order valence-electron chi connectivity index (χ3n) is 3.65. The zero-order valence-electron chi connectivity index (χ0n) is 16.0. The maximum atomic E-state index is 12.1. The minimum Gasteiger partial charge on any atom is -0.325 e. The Balaban J connectivity index is 1.42. The first-order valence-electron chi connectivity index (χ1n) is 8.80. The number of hydrogen-bond donors (Lipinski definition) is 2. The molecule has 3 aromatic rings. The third-order valence-corrected chi connectivity index (χ3v) is 6.45. The van der Waals surface area contributed by atoms with Crippen LogP contribution in [0.1, 0.15) is 11.1 Å². The Bertz CT molecular complexity index is 929. The Kier molecular flexibility index (Phi) is 7.68. The summed E-state index contributed by atoms with van der Waals surface area (Å²) in [4.78, 5) is 28.5. The van der Waals surface area contributed by atoms with Crippen molar-refractivity contribution in [3.63, 3.8) is 0 Å². The minimum absolute atomic E-state index is 0.0949. The number of hydrogen-bond acceptors (Lipinski definition) is 7. The molecule has 0 aliphatic rings. The Hall–Kier alpha value is -2.36. The maximum absolute atomic E-state index is 12.1. The molecule has 1 aromatic heterocycles. The molecule has 6 nitrogen and oxygen atoms in total. The van der Waals surface area contributed by atoms with Crippen molar-refractivity contribution in [1.29, 1.82) is 0 Å². The normalized spacial score (nSPS) is 10.6. The standard InChI is InChI=1S/C20H20N4O2S3/c1-13-5-3-7-15(9-13)21-17(25)11-27-19-23-20(29-24-19)28-12-18(26)22-16-8-4-6-14(2)10-16/h3-10H,11-12H2,1-2H3,(H,21,25)(H,22,26). The van der Waals surface area contributed by atoms with Gasteiger partial charge in [0, 0.05) is 11.4 Å². The number of carbonyl (C=O) groups excluding carboxylic acids is 2. The van der Waals surface area contributed by atoms with Crippen LogP contribution < -0.4 is 10.6 Å². The van der Waals surface area contributed by atoms with Gasteiger partial charge in [-0.3, -0.25) is 9.59 Å². The molecule has 0 radical (unpaired) electrons. The summed E-state index contributed by atoms with van der Waals surface area (Å²) in [7, 11) is 0. The van der Waals surface area contributed by atoms with E-state index >= 15 is 0 Å². The van der Waals surface area contributed by atoms with Gasteiger partial charge in [0.1, 0.15) is 0 Å². The lowest BCUT2D eigenvalue weighted by molar-refractivity contribution is -0.114. The molecule has 1 heterocycles. The number of anilines is 2. The summed E-state index contributed by atoms with van der Waals surface area (Å²) < 4.78 is 4.94. The van der Waals surface area contributed by atoms with Gasteiger partial charge in [0.25, 0.3) is 0 Å². The van der Waals surface area contributed by atoms with Gasteiger partial charge < -0.3 is 10.6 Å². The molecule has 0 atom stereocenters. The highest BCUT2D eigenvalue weighted by atomic mass is 32.2. The monoisotopic (exact) mass is 444 g/mol. The van der Waals surface area contributed by atoms with Gasteiger partial charge in [0.05, 0.1) is 11.5 Å². The molecular formula is C20H20N4O2S3. The molecule has 0 spiro atoms. The van der Waals surface area contributed by atoms with Crippen molar-refractivity contribution in [3.05, 3.63) is 59.7 Å². The van der Waals surface area contributed by atoms with E-state index in [4.69, 9.17) is 0 Å². The number of nitrogens with zero attached hydrogens (tertiary/aromatic N) is 2. The molecule has 0 unspecified atom stereocenters. The number of amides is 2. The molecule has 3 rings (SSSR count). The van der Waals surface area contributed by atoms with Crippen LogP contribution in [0, 0.1) is 13.8 Å². The molecule has 2 amide bonds. The topological polar surface area (TPSA) is 84.0 Å². The number of aromatic nitrogens is 2. The zero-order chi connectivity index (χ0) is 20.6. The predicted octanol–water partition coefficient (Wildman–Crippen LogP) is 4.62. The van der Waals surface area contributed by atoms with Crippen LogP contribution in [-0.2, 0) is 9.59 Å². The molecule has 150 valence electrons. The summed E-state index contributed by atoms with van der Waals surface area (Å²) >= 11 is 3.83. The third kappa shape index (κ3) is 7.19. The van der Waals surface area contributed by atoms with Crippen molar-refractivity contribution in [2.24, 2.45) is 0 Å². The number of thioether (sulfide) groups is 2. The van der Waals surface area contributed by atoms with Gasteiger partial charge in [-0.1, -0.05) is 47.8 Å². The van der Waals surface area contributed by atoms with E-state index in [0.717, 1.165) is 22.5 Å². The van der Waals surface area contributed by atoms with Crippen molar-refractivity contribution in [3.8, 4) is 0 Å². The van der Waals surface area contributed by atoms with Crippen molar-refractivity contribution in [2.45, 2.75) is 23.3 Å². The Morgan fingerprint density at radius 2 is 1.45 bits per heavy atom. The highest BCUT2D eigenvalue weighted by Crippen LogP contribution is 2.25. The summed E-state index contributed by atoms with van der Waals surface area (Å²) in [6, 6.07) is 15.3. The lowest BCUT2D eigenvalue weighted by Crippen LogP contribution is -2.14. The molecule has 0 aliphatic carbocycles. The van der Waals surface area contributed by atoms with Crippen LogP contribution in [0.2, 0.25) is 0 Å². The van der Waals surface area contributed by atoms with Crippen molar-refractivity contribution >= 4 is 58.2 Å². The minimum atomic E-state index is -0.109. The van der Waals surface area contributed by atoms with Gasteiger partial charge in [0.2, 0.25) is 17.0 Å². The highest BCUT2D eigenvalue weighted by molar-refractivity contribution is 8.02. The lowest BCUT2D eigenvalue weighted by Gasteiger charge is -2.05. The van der Waals surface area contributed by atoms with Gasteiger partial charge >= 0.3 is 0 Å². The highest BCUT2D eigenvalue weighted by Gasteiger charge is 2.11. The SMILES string of the molecule is Cc1cccc(NC(=O)CSc2nsc(SCC(=O)Nc3cccc(C)c3)n2)c1. The summed E-state index contributed by atoms with van der Waals surface area (Å²) in [5.74, 6) is 0.272. The van der Waals surface area contributed by atoms with Gasteiger partial charge in [0.15, 0.2) is 4.34 Å². The molecule has 2 N–H and O–H groups in total. The predicted molar refractivity (Wildman–Crippen MR) is 121 cm³/mol. The fourth-order valence-electron chi connectivity index (χ4n) is 2.41. The van der Waals surface area contributed by atoms with Gasteiger partial charge in [-0.2, -0.15) is 4.37 Å². The van der Waals surface area contributed by atoms with E-state index in [0.29, 0.717) is 9.50 Å². The van der Waals surface area contributed by atoms with Gasteiger partial charge in [-0.15, -0.1) is 0 Å². The Morgan fingerprint density at radius 1 is 0.897 bits per heavy atom. The summed E-state index contributed by atoms with van der Waals surface area (Å²) in [6.07, 6.45) is 0. The van der Waals surface area contributed by atoms with Crippen LogP contribution >= 0.6 is 35.1 Å². The van der Waals surface area contributed by atoms with Crippen LogP contribution in [0.25, 0.3) is 0 Å². The number of aryl methyl sites for hydroxylation is 2. The molecule has 2 aromatic carbocycles. The second-order valence-electron chi connectivity index (χ2n) is 6.26. The summed E-state index contributed by atoms with van der Waals surface area (Å²) in [5.41, 5.74) is 3.74. The molecule has 0 saturated carbocycles. The lowest BCUT2D eigenvalue weighted by atomic mass is 10.2. The number of rotatable bonds is 8. The Morgan fingerprint density at radius 3 is 2.00 bits per heavy atom. The first kappa shape index (κ1) is 21.4. The van der Waals surface area contributed by atoms with Crippen LogP contribution in [0.5, 0.6) is 0 Å². The fraction of sp³-hybridized carbons (Fsp3) is 0.200. The van der Waals surface area contributed by atoms with E-state index in [1.165, 1.54) is 35.1 Å². The fourth-order valence-corrected chi connectivity index (χ4v) is 4.64. The first-order valence-corrected chi connectivity index (χ1v) is 11.5. The van der Waals surface area contributed by atoms with Crippen LogP contribution in [0.15, 0.2) is 58.0 Å². The first-order chi connectivity index (χ1) is 14.0. The van der Waals surface area contributed by atoms with Crippen molar-refractivity contribution in [1.82, 2.24) is 9.36 Å². The van der Waals surface area contributed by atoms with Crippen molar-refractivity contribution < 1.29 is 9.59 Å². The van der Waals surface area contributed by atoms with Crippen LogP contribution in [-0.4, -0.2) is 32.7 Å². The summed E-state index contributed by atoms with van der Waals surface area (Å²) in [6.45, 7) is 3.95. The van der Waals surface area contributed by atoms with Crippen molar-refractivity contribution in [2.75, 3.05) is 22.1 Å². The largest absolute Gasteiger partial charge is 0.325 e. The molecule has 0 fully saturated rings. The van der Waals surface area contributed by atoms with Crippen LogP contribution in [0.3, 0.4) is 0 Å². The Labute approximate surface area is 182 Å².